The second kappa shape index (κ2) is 7.04. The van der Waals surface area contributed by atoms with Gasteiger partial charge in [0.05, 0.1) is 11.8 Å². The van der Waals surface area contributed by atoms with Crippen molar-refractivity contribution in [2.75, 3.05) is 12.8 Å². The zero-order chi connectivity index (χ0) is 16.2. The molecule has 1 aliphatic carbocycles. The SMILES string of the molecule is CN(C(=O)CSc1cccc[n+]1[O-])C1CCCc2ccccc21. The van der Waals surface area contributed by atoms with Crippen molar-refractivity contribution >= 4 is 17.7 Å². The number of hydrogen-bond donors (Lipinski definition) is 0. The fourth-order valence-corrected chi connectivity index (χ4v) is 3.90. The second-order valence-electron chi connectivity index (χ2n) is 5.76. The maximum Gasteiger partial charge on any atom is 0.251 e. The molecular weight excluding hydrogens is 308 g/mol. The summed E-state index contributed by atoms with van der Waals surface area (Å²) in [5, 5.41) is 12.2. The van der Waals surface area contributed by atoms with Gasteiger partial charge in [-0.25, -0.2) is 0 Å². The van der Waals surface area contributed by atoms with Crippen LogP contribution >= 0.6 is 11.8 Å². The molecule has 3 rings (SSSR count). The average molecular weight is 328 g/mol. The lowest BCUT2D eigenvalue weighted by Gasteiger charge is -2.33. The molecule has 1 atom stereocenters. The topological polar surface area (TPSA) is 47.2 Å². The Morgan fingerprint density at radius 3 is 2.91 bits per heavy atom. The molecule has 0 aliphatic heterocycles. The third-order valence-corrected chi connectivity index (χ3v) is 5.33. The second-order valence-corrected chi connectivity index (χ2v) is 6.76. The molecule has 0 bridgehead atoms. The summed E-state index contributed by atoms with van der Waals surface area (Å²) < 4.78 is 0.799. The van der Waals surface area contributed by atoms with Gasteiger partial charge in [0.25, 0.3) is 5.03 Å². The van der Waals surface area contributed by atoms with Gasteiger partial charge in [0, 0.05) is 19.2 Å². The molecule has 1 aromatic carbocycles. The van der Waals surface area contributed by atoms with E-state index >= 15 is 0 Å². The maximum atomic E-state index is 12.5. The first kappa shape index (κ1) is 15.9. The summed E-state index contributed by atoms with van der Waals surface area (Å²) in [6, 6.07) is 13.7. The van der Waals surface area contributed by atoms with Crippen molar-refractivity contribution in [3.05, 3.63) is 65.0 Å². The summed E-state index contributed by atoms with van der Waals surface area (Å²) in [5.74, 6) is 0.335. The number of benzene rings is 1. The van der Waals surface area contributed by atoms with Crippen LogP contribution in [0.25, 0.3) is 0 Å². The molecule has 0 N–H and O–H groups in total. The Bertz CT molecular complexity index is 705. The molecule has 1 unspecified atom stereocenters. The lowest BCUT2D eigenvalue weighted by atomic mass is 9.87. The zero-order valence-electron chi connectivity index (χ0n) is 13.1. The molecule has 4 nitrogen and oxygen atoms in total. The number of nitrogens with zero attached hydrogens (tertiary/aromatic N) is 2. The summed E-state index contributed by atoms with van der Waals surface area (Å²) in [6.45, 7) is 0. The third kappa shape index (κ3) is 3.50. The molecule has 1 heterocycles. The Morgan fingerprint density at radius 2 is 2.09 bits per heavy atom. The molecular formula is C18H20N2O2S. The summed E-state index contributed by atoms with van der Waals surface area (Å²) in [4.78, 5) is 14.4. The maximum absolute atomic E-state index is 12.5. The summed E-state index contributed by atoms with van der Waals surface area (Å²) in [5.41, 5.74) is 2.61. The summed E-state index contributed by atoms with van der Waals surface area (Å²) >= 11 is 1.29. The normalized spacial score (nSPS) is 16.7. The molecule has 120 valence electrons. The van der Waals surface area contributed by atoms with Crippen molar-refractivity contribution in [3.63, 3.8) is 0 Å². The number of rotatable bonds is 4. The Kier molecular flexibility index (Phi) is 4.86. The molecule has 1 aliphatic rings. The number of amides is 1. The van der Waals surface area contributed by atoms with E-state index in [-0.39, 0.29) is 17.7 Å². The highest BCUT2D eigenvalue weighted by atomic mass is 32.2. The van der Waals surface area contributed by atoms with Crippen LogP contribution < -0.4 is 4.73 Å². The van der Waals surface area contributed by atoms with Gasteiger partial charge in [-0.1, -0.05) is 24.3 Å². The van der Waals surface area contributed by atoms with Crippen molar-refractivity contribution in [2.24, 2.45) is 0 Å². The average Bonchev–Trinajstić information content (AvgIpc) is 2.59. The highest BCUT2D eigenvalue weighted by molar-refractivity contribution is 7.99. The Balaban J connectivity index is 1.68. The van der Waals surface area contributed by atoms with Gasteiger partial charge in [-0.15, -0.1) is 0 Å². The van der Waals surface area contributed by atoms with Gasteiger partial charge in [-0.3, -0.25) is 4.79 Å². The molecule has 2 aromatic rings. The molecule has 23 heavy (non-hydrogen) atoms. The molecule has 0 saturated carbocycles. The van der Waals surface area contributed by atoms with Gasteiger partial charge in [0.1, 0.15) is 0 Å². The fourth-order valence-electron chi connectivity index (χ4n) is 3.07. The first-order valence-corrected chi connectivity index (χ1v) is 8.80. The van der Waals surface area contributed by atoms with Crippen LogP contribution in [0.2, 0.25) is 0 Å². The molecule has 0 radical (unpaired) electrons. The third-order valence-electron chi connectivity index (χ3n) is 4.33. The van der Waals surface area contributed by atoms with Crippen LogP contribution in [-0.4, -0.2) is 23.6 Å². The van der Waals surface area contributed by atoms with E-state index in [9.17, 15) is 10.0 Å². The molecule has 0 fully saturated rings. The number of carbonyl (C=O) groups is 1. The van der Waals surface area contributed by atoms with Gasteiger partial charge >= 0.3 is 0 Å². The van der Waals surface area contributed by atoms with Crippen molar-refractivity contribution in [1.82, 2.24) is 4.90 Å². The largest absolute Gasteiger partial charge is 0.618 e. The zero-order valence-corrected chi connectivity index (χ0v) is 14.0. The van der Waals surface area contributed by atoms with Crippen molar-refractivity contribution < 1.29 is 9.52 Å². The highest BCUT2D eigenvalue weighted by Crippen LogP contribution is 2.33. The summed E-state index contributed by atoms with van der Waals surface area (Å²) in [7, 11) is 1.87. The van der Waals surface area contributed by atoms with Crippen molar-refractivity contribution in [1.29, 1.82) is 0 Å². The van der Waals surface area contributed by atoms with Crippen LogP contribution in [0, 0.1) is 5.21 Å². The van der Waals surface area contributed by atoms with E-state index in [1.807, 2.05) is 24.1 Å². The quantitative estimate of drug-likeness (QED) is 0.492. The van der Waals surface area contributed by atoms with E-state index in [1.165, 1.54) is 29.1 Å². The summed E-state index contributed by atoms with van der Waals surface area (Å²) in [6.07, 6.45) is 4.64. The van der Waals surface area contributed by atoms with E-state index in [1.54, 1.807) is 12.1 Å². The van der Waals surface area contributed by atoms with Gasteiger partial charge in [0.15, 0.2) is 6.20 Å². The number of pyridine rings is 1. The van der Waals surface area contributed by atoms with Gasteiger partial charge in [-0.05, 0) is 48.2 Å². The number of aromatic nitrogens is 1. The molecule has 0 spiro atoms. The minimum atomic E-state index is 0.0561. The Morgan fingerprint density at radius 1 is 1.30 bits per heavy atom. The van der Waals surface area contributed by atoms with Gasteiger partial charge < -0.3 is 10.1 Å². The monoisotopic (exact) mass is 328 g/mol. The van der Waals surface area contributed by atoms with Crippen LogP contribution in [0.4, 0.5) is 0 Å². The van der Waals surface area contributed by atoms with Crippen LogP contribution in [0.5, 0.6) is 0 Å². The fraction of sp³-hybridized carbons (Fsp3) is 0.333. The molecule has 5 heteroatoms. The van der Waals surface area contributed by atoms with Crippen LogP contribution in [0.3, 0.4) is 0 Å². The van der Waals surface area contributed by atoms with Crippen LogP contribution in [0.1, 0.15) is 30.0 Å². The number of thioether (sulfide) groups is 1. The highest BCUT2D eigenvalue weighted by Gasteiger charge is 2.26. The minimum absolute atomic E-state index is 0.0561. The Hall–Kier alpha value is -2.01. The van der Waals surface area contributed by atoms with Gasteiger partial charge in [-0.2, -0.15) is 4.73 Å². The van der Waals surface area contributed by atoms with E-state index in [2.05, 4.69) is 18.2 Å². The molecule has 0 saturated heterocycles. The van der Waals surface area contributed by atoms with Crippen LogP contribution in [-0.2, 0) is 11.2 Å². The predicted molar refractivity (Wildman–Crippen MR) is 91.0 cm³/mol. The van der Waals surface area contributed by atoms with Gasteiger partial charge in [0.2, 0.25) is 5.91 Å². The number of hydrogen-bond acceptors (Lipinski definition) is 3. The van der Waals surface area contributed by atoms with Crippen LogP contribution in [0.15, 0.2) is 53.7 Å². The van der Waals surface area contributed by atoms with E-state index < -0.39 is 0 Å². The molecule has 1 amide bonds. The Labute approximate surface area is 140 Å². The predicted octanol–water partition coefficient (Wildman–Crippen LogP) is 2.95. The lowest BCUT2D eigenvalue weighted by molar-refractivity contribution is -0.645. The van der Waals surface area contributed by atoms with E-state index in [0.717, 1.165) is 24.0 Å². The first-order valence-electron chi connectivity index (χ1n) is 7.81. The number of carbonyl (C=O) groups excluding carboxylic acids is 1. The van der Waals surface area contributed by atoms with E-state index in [0.29, 0.717) is 5.03 Å². The molecule has 1 aromatic heterocycles. The minimum Gasteiger partial charge on any atom is -0.618 e. The van der Waals surface area contributed by atoms with Crippen molar-refractivity contribution in [2.45, 2.75) is 30.3 Å². The smallest absolute Gasteiger partial charge is 0.251 e. The first-order chi connectivity index (χ1) is 11.2. The van der Waals surface area contributed by atoms with Crippen molar-refractivity contribution in [3.8, 4) is 0 Å². The number of aryl methyl sites for hydroxylation is 1. The standard InChI is InChI=1S/C18H20N2O2S/c1-19(16-10-6-8-14-7-2-3-9-15(14)16)17(21)13-23-18-11-4-5-12-20(18)22/h2-5,7,9,11-12,16H,6,8,10,13H2,1H3. The van der Waals surface area contributed by atoms with E-state index in [4.69, 9.17) is 0 Å². The number of fused-ring (bicyclic) bond motifs is 1. The lowest BCUT2D eigenvalue weighted by Crippen LogP contribution is -2.35.